The van der Waals surface area contributed by atoms with Gasteiger partial charge in [-0.1, -0.05) is 24.3 Å². The lowest BCUT2D eigenvalue weighted by Crippen LogP contribution is -2.39. The first-order valence-corrected chi connectivity index (χ1v) is 7.33. The minimum absolute atomic E-state index is 0.0328. The lowest BCUT2D eigenvalue weighted by atomic mass is 10.2. The molecule has 0 saturated carbocycles. The summed E-state index contributed by atoms with van der Waals surface area (Å²) in [7, 11) is 0. The number of para-hydroxylation sites is 1. The van der Waals surface area contributed by atoms with E-state index in [1.54, 1.807) is 11.0 Å². The molecule has 1 aromatic heterocycles. The van der Waals surface area contributed by atoms with Crippen LogP contribution in [-0.2, 0) is 11.2 Å². The summed E-state index contributed by atoms with van der Waals surface area (Å²) in [5.74, 6) is -0.263. The van der Waals surface area contributed by atoms with Crippen molar-refractivity contribution in [2.45, 2.75) is 6.42 Å². The Morgan fingerprint density at radius 2 is 2.05 bits per heavy atom. The van der Waals surface area contributed by atoms with Crippen molar-refractivity contribution in [3.63, 3.8) is 0 Å². The number of benzene rings is 1. The van der Waals surface area contributed by atoms with E-state index in [1.807, 2.05) is 35.7 Å². The van der Waals surface area contributed by atoms with Gasteiger partial charge in [-0.25, -0.2) is 0 Å². The normalized spacial score (nSPS) is 13.1. The van der Waals surface area contributed by atoms with Crippen LogP contribution in [0.5, 0.6) is 0 Å². The van der Waals surface area contributed by atoms with E-state index in [-0.39, 0.29) is 18.4 Å². The SMILES string of the molecule is O=C(NCC(=O)N1CCc2ccccc21)c1cccs1. The van der Waals surface area contributed by atoms with Crippen molar-refractivity contribution in [1.29, 1.82) is 0 Å². The lowest BCUT2D eigenvalue weighted by molar-refractivity contribution is -0.117. The molecule has 0 atom stereocenters. The standard InChI is InChI=1S/C15H14N2O2S/c18-14(10-16-15(19)13-6-3-9-20-13)17-8-7-11-4-1-2-5-12(11)17/h1-6,9H,7-8,10H2,(H,16,19). The van der Waals surface area contributed by atoms with Gasteiger partial charge in [0.25, 0.3) is 5.91 Å². The number of thiophene rings is 1. The van der Waals surface area contributed by atoms with Crippen LogP contribution in [0.15, 0.2) is 41.8 Å². The van der Waals surface area contributed by atoms with Crippen LogP contribution in [0, 0.1) is 0 Å². The Balaban J connectivity index is 1.62. The number of nitrogens with zero attached hydrogens (tertiary/aromatic N) is 1. The maximum Gasteiger partial charge on any atom is 0.261 e. The average molecular weight is 286 g/mol. The summed E-state index contributed by atoms with van der Waals surface area (Å²) in [5.41, 5.74) is 2.15. The molecule has 0 spiro atoms. The zero-order valence-electron chi connectivity index (χ0n) is 10.8. The van der Waals surface area contributed by atoms with Crippen LogP contribution in [0.2, 0.25) is 0 Å². The number of rotatable bonds is 3. The van der Waals surface area contributed by atoms with Crippen molar-refractivity contribution in [1.82, 2.24) is 5.32 Å². The van der Waals surface area contributed by atoms with Crippen LogP contribution in [0.1, 0.15) is 15.2 Å². The minimum atomic E-state index is -0.194. The molecule has 0 aliphatic carbocycles. The zero-order chi connectivity index (χ0) is 13.9. The predicted molar refractivity (Wildman–Crippen MR) is 79.2 cm³/mol. The van der Waals surface area contributed by atoms with Crippen LogP contribution < -0.4 is 10.2 Å². The van der Waals surface area contributed by atoms with Gasteiger partial charge in [0.1, 0.15) is 0 Å². The third-order valence-corrected chi connectivity index (χ3v) is 4.20. The first-order chi connectivity index (χ1) is 9.75. The monoisotopic (exact) mass is 286 g/mol. The third kappa shape index (κ3) is 2.44. The lowest BCUT2D eigenvalue weighted by Gasteiger charge is -2.17. The highest BCUT2D eigenvalue weighted by Gasteiger charge is 2.24. The molecule has 2 heterocycles. The molecule has 2 aromatic rings. The number of fused-ring (bicyclic) bond motifs is 1. The molecule has 0 radical (unpaired) electrons. The summed E-state index contributed by atoms with van der Waals surface area (Å²) >= 11 is 1.37. The van der Waals surface area contributed by atoms with Crippen LogP contribution in [-0.4, -0.2) is 24.9 Å². The second-order valence-corrected chi connectivity index (χ2v) is 5.53. The summed E-state index contributed by atoms with van der Waals surface area (Å²) in [6.45, 7) is 0.720. The van der Waals surface area contributed by atoms with Crippen molar-refractivity contribution >= 4 is 28.8 Å². The quantitative estimate of drug-likeness (QED) is 0.939. The van der Waals surface area contributed by atoms with Crippen molar-refractivity contribution < 1.29 is 9.59 Å². The second-order valence-electron chi connectivity index (χ2n) is 4.58. The molecule has 0 fully saturated rings. The van der Waals surface area contributed by atoms with E-state index >= 15 is 0 Å². The fraction of sp³-hybridized carbons (Fsp3) is 0.200. The molecule has 3 rings (SSSR count). The van der Waals surface area contributed by atoms with Gasteiger partial charge in [0.05, 0.1) is 11.4 Å². The van der Waals surface area contributed by atoms with Gasteiger partial charge in [-0.15, -0.1) is 11.3 Å². The molecule has 2 amide bonds. The summed E-state index contributed by atoms with van der Waals surface area (Å²) in [4.78, 5) is 26.4. The Kier molecular flexibility index (Phi) is 3.52. The van der Waals surface area contributed by atoms with Crippen LogP contribution in [0.3, 0.4) is 0 Å². The van der Waals surface area contributed by atoms with E-state index in [9.17, 15) is 9.59 Å². The number of hydrogen-bond acceptors (Lipinski definition) is 3. The highest BCUT2D eigenvalue weighted by Crippen LogP contribution is 2.27. The van der Waals surface area contributed by atoms with Gasteiger partial charge in [0, 0.05) is 12.2 Å². The molecule has 4 nitrogen and oxygen atoms in total. The third-order valence-electron chi connectivity index (χ3n) is 3.33. The van der Waals surface area contributed by atoms with E-state index in [1.165, 1.54) is 16.9 Å². The molecule has 102 valence electrons. The molecule has 5 heteroatoms. The fourth-order valence-corrected chi connectivity index (χ4v) is 2.98. The van der Waals surface area contributed by atoms with Gasteiger partial charge >= 0.3 is 0 Å². The smallest absolute Gasteiger partial charge is 0.261 e. The van der Waals surface area contributed by atoms with E-state index in [2.05, 4.69) is 5.32 Å². The van der Waals surface area contributed by atoms with Crippen molar-refractivity contribution in [3.05, 3.63) is 52.2 Å². The molecule has 1 aromatic carbocycles. The summed E-state index contributed by atoms with van der Waals surface area (Å²) in [6, 6.07) is 11.4. The van der Waals surface area contributed by atoms with Crippen molar-refractivity contribution in [2.24, 2.45) is 0 Å². The predicted octanol–water partition coefficient (Wildman–Crippen LogP) is 2.07. The summed E-state index contributed by atoms with van der Waals surface area (Å²) < 4.78 is 0. The van der Waals surface area contributed by atoms with Gasteiger partial charge in [-0.3, -0.25) is 9.59 Å². The number of carbonyl (C=O) groups is 2. The molecule has 1 aliphatic rings. The average Bonchev–Trinajstić information content (AvgIpc) is 3.13. The largest absolute Gasteiger partial charge is 0.342 e. The summed E-state index contributed by atoms with van der Waals surface area (Å²) in [5, 5.41) is 4.51. The number of carbonyl (C=O) groups excluding carboxylic acids is 2. The minimum Gasteiger partial charge on any atom is -0.342 e. The van der Waals surface area contributed by atoms with E-state index in [0.717, 1.165) is 12.1 Å². The fourth-order valence-electron chi connectivity index (χ4n) is 2.34. The Bertz CT molecular complexity index is 637. The Hall–Kier alpha value is -2.14. The molecule has 0 unspecified atom stereocenters. The first-order valence-electron chi connectivity index (χ1n) is 6.45. The van der Waals surface area contributed by atoms with Gasteiger partial charge in [-0.2, -0.15) is 0 Å². The molecular weight excluding hydrogens is 272 g/mol. The van der Waals surface area contributed by atoms with Gasteiger partial charge in [-0.05, 0) is 29.5 Å². The number of hydrogen-bond donors (Lipinski definition) is 1. The van der Waals surface area contributed by atoms with Crippen LogP contribution in [0.4, 0.5) is 5.69 Å². The van der Waals surface area contributed by atoms with Gasteiger partial charge < -0.3 is 10.2 Å². The highest BCUT2D eigenvalue weighted by atomic mass is 32.1. The topological polar surface area (TPSA) is 49.4 Å². The van der Waals surface area contributed by atoms with Crippen LogP contribution >= 0.6 is 11.3 Å². The Morgan fingerprint density at radius 1 is 1.20 bits per heavy atom. The van der Waals surface area contributed by atoms with E-state index in [4.69, 9.17) is 0 Å². The molecule has 1 aliphatic heterocycles. The number of nitrogens with one attached hydrogen (secondary N) is 1. The molecule has 20 heavy (non-hydrogen) atoms. The summed E-state index contributed by atoms with van der Waals surface area (Å²) in [6.07, 6.45) is 0.876. The molecule has 1 N–H and O–H groups in total. The molecule has 0 bridgehead atoms. The molecule has 0 saturated heterocycles. The Morgan fingerprint density at radius 3 is 2.85 bits per heavy atom. The number of anilines is 1. The van der Waals surface area contributed by atoms with Crippen molar-refractivity contribution in [3.8, 4) is 0 Å². The number of amides is 2. The maximum atomic E-state index is 12.2. The van der Waals surface area contributed by atoms with Gasteiger partial charge in [0.15, 0.2) is 0 Å². The second kappa shape index (κ2) is 5.46. The van der Waals surface area contributed by atoms with Crippen LogP contribution in [0.25, 0.3) is 0 Å². The Labute approximate surface area is 121 Å². The zero-order valence-corrected chi connectivity index (χ0v) is 11.7. The van der Waals surface area contributed by atoms with Crippen molar-refractivity contribution in [2.75, 3.05) is 18.0 Å². The van der Waals surface area contributed by atoms with Gasteiger partial charge in [0.2, 0.25) is 5.91 Å². The van der Waals surface area contributed by atoms with E-state index < -0.39 is 0 Å². The highest BCUT2D eigenvalue weighted by molar-refractivity contribution is 7.12. The maximum absolute atomic E-state index is 12.2. The molecular formula is C15H14N2O2S. The van der Waals surface area contributed by atoms with E-state index in [0.29, 0.717) is 11.4 Å². The first kappa shape index (κ1) is 12.9.